The maximum absolute atomic E-state index is 12.6. The topological polar surface area (TPSA) is 69.7 Å². The molecule has 6 nitrogen and oxygen atoms in total. The second kappa shape index (κ2) is 8.23. The molecule has 1 amide bonds. The summed E-state index contributed by atoms with van der Waals surface area (Å²) < 4.78 is 26.4. The zero-order valence-electron chi connectivity index (χ0n) is 16.1. The summed E-state index contributed by atoms with van der Waals surface area (Å²) in [5, 5.41) is 2.90. The number of amides is 1. The lowest BCUT2D eigenvalue weighted by Gasteiger charge is -2.25. The highest BCUT2D eigenvalue weighted by Gasteiger charge is 2.25. The number of nitrogens with zero attached hydrogens (tertiary/aromatic N) is 2. The van der Waals surface area contributed by atoms with Gasteiger partial charge in [-0.05, 0) is 59.1 Å². The zero-order chi connectivity index (χ0) is 20.5. The molecule has 2 aromatic rings. The van der Waals surface area contributed by atoms with Crippen LogP contribution in [0.25, 0.3) is 0 Å². The van der Waals surface area contributed by atoms with Crippen molar-refractivity contribution >= 4 is 37.5 Å². The van der Waals surface area contributed by atoms with Crippen molar-refractivity contribution in [1.29, 1.82) is 0 Å². The number of benzene rings is 2. The monoisotopic (exact) mass is 465 g/mol. The summed E-state index contributed by atoms with van der Waals surface area (Å²) in [6.07, 6.45) is 1.00. The van der Waals surface area contributed by atoms with E-state index in [9.17, 15) is 13.2 Å². The van der Waals surface area contributed by atoms with E-state index in [1.807, 2.05) is 12.1 Å². The first-order valence-corrected chi connectivity index (χ1v) is 11.3. The van der Waals surface area contributed by atoms with Crippen molar-refractivity contribution in [1.82, 2.24) is 9.62 Å². The molecular formula is C20H24BrN3O3S. The van der Waals surface area contributed by atoms with Gasteiger partial charge in [-0.15, -0.1) is 0 Å². The molecule has 0 saturated carbocycles. The predicted octanol–water partition coefficient (Wildman–Crippen LogP) is 2.88. The minimum atomic E-state index is -3.64. The summed E-state index contributed by atoms with van der Waals surface area (Å²) in [5.74, 6) is -0.289. The molecule has 1 N–H and O–H groups in total. The van der Waals surface area contributed by atoms with Crippen LogP contribution in [0.3, 0.4) is 0 Å². The van der Waals surface area contributed by atoms with E-state index in [2.05, 4.69) is 45.2 Å². The molecule has 0 aliphatic carbocycles. The molecule has 1 unspecified atom stereocenters. The summed E-state index contributed by atoms with van der Waals surface area (Å²) in [7, 11) is -0.716. The molecule has 0 fully saturated rings. The minimum absolute atomic E-state index is 0.0762. The molecule has 8 heteroatoms. The molecule has 150 valence electrons. The summed E-state index contributed by atoms with van der Waals surface area (Å²) in [5.41, 5.74) is 2.86. The molecule has 1 aliphatic rings. The van der Waals surface area contributed by atoms with Gasteiger partial charge in [-0.2, -0.15) is 0 Å². The van der Waals surface area contributed by atoms with E-state index in [0.29, 0.717) is 29.2 Å². The molecule has 0 bridgehead atoms. The summed E-state index contributed by atoms with van der Waals surface area (Å²) in [4.78, 5) is 14.9. The van der Waals surface area contributed by atoms with Gasteiger partial charge in [0, 0.05) is 49.0 Å². The number of rotatable bonds is 6. The van der Waals surface area contributed by atoms with E-state index in [-0.39, 0.29) is 10.8 Å². The Morgan fingerprint density at radius 1 is 1.25 bits per heavy atom. The molecular weight excluding hydrogens is 442 g/mol. The third-order valence-corrected chi connectivity index (χ3v) is 7.75. The van der Waals surface area contributed by atoms with Crippen LogP contribution < -0.4 is 10.2 Å². The van der Waals surface area contributed by atoms with Crippen LogP contribution >= 0.6 is 15.9 Å². The molecule has 3 rings (SSSR count). The van der Waals surface area contributed by atoms with Crippen molar-refractivity contribution in [3.8, 4) is 0 Å². The first-order valence-electron chi connectivity index (χ1n) is 9.06. The smallest absolute Gasteiger partial charge is 0.251 e. The van der Waals surface area contributed by atoms with Crippen molar-refractivity contribution in [2.24, 2.45) is 0 Å². The first-order chi connectivity index (χ1) is 13.2. The first kappa shape index (κ1) is 20.8. The summed E-state index contributed by atoms with van der Waals surface area (Å²) >= 11 is 3.26. The molecule has 1 heterocycles. The van der Waals surface area contributed by atoms with Crippen LogP contribution in [0.15, 0.2) is 51.8 Å². The number of hydrogen-bond acceptors (Lipinski definition) is 4. The predicted molar refractivity (Wildman–Crippen MR) is 114 cm³/mol. The van der Waals surface area contributed by atoms with Gasteiger partial charge in [0.05, 0.1) is 4.90 Å². The van der Waals surface area contributed by atoms with Gasteiger partial charge in [-0.1, -0.05) is 18.2 Å². The largest absolute Gasteiger partial charge is 0.367 e. The number of hydrogen-bond donors (Lipinski definition) is 1. The Morgan fingerprint density at radius 3 is 2.68 bits per heavy atom. The highest BCUT2D eigenvalue weighted by molar-refractivity contribution is 9.10. The van der Waals surface area contributed by atoms with Crippen molar-refractivity contribution < 1.29 is 13.2 Å². The van der Waals surface area contributed by atoms with Gasteiger partial charge in [0.2, 0.25) is 10.0 Å². The average molecular weight is 466 g/mol. The molecule has 1 atom stereocenters. The number of fused-ring (bicyclic) bond motifs is 1. The van der Waals surface area contributed by atoms with Crippen LogP contribution in [0.4, 0.5) is 5.69 Å². The van der Waals surface area contributed by atoms with Gasteiger partial charge in [-0.25, -0.2) is 12.7 Å². The maximum atomic E-state index is 12.6. The molecule has 28 heavy (non-hydrogen) atoms. The van der Waals surface area contributed by atoms with Crippen LogP contribution in [-0.2, 0) is 16.4 Å². The highest BCUT2D eigenvalue weighted by Crippen LogP contribution is 2.31. The lowest BCUT2D eigenvalue weighted by atomic mass is 10.1. The number of carbonyl (C=O) groups excluding carboxylic acids is 1. The van der Waals surface area contributed by atoms with Crippen molar-refractivity contribution in [2.45, 2.75) is 24.3 Å². The van der Waals surface area contributed by atoms with Crippen LogP contribution in [0, 0.1) is 0 Å². The quantitative estimate of drug-likeness (QED) is 0.711. The number of sulfonamides is 1. The fourth-order valence-corrected chi connectivity index (χ4v) is 5.25. The lowest BCUT2D eigenvalue weighted by molar-refractivity contribution is 0.0954. The molecule has 0 saturated heterocycles. The van der Waals surface area contributed by atoms with Crippen molar-refractivity contribution in [2.75, 3.05) is 32.1 Å². The van der Waals surface area contributed by atoms with Gasteiger partial charge < -0.3 is 10.2 Å². The van der Waals surface area contributed by atoms with E-state index in [0.717, 1.165) is 10.7 Å². The minimum Gasteiger partial charge on any atom is -0.367 e. The van der Waals surface area contributed by atoms with Crippen LogP contribution in [0.2, 0.25) is 0 Å². The summed E-state index contributed by atoms with van der Waals surface area (Å²) in [6.45, 7) is 3.35. The fourth-order valence-electron chi connectivity index (χ4n) is 3.40. The Balaban J connectivity index is 1.68. The number of halogens is 1. The lowest BCUT2D eigenvalue weighted by Crippen LogP contribution is -2.38. The Morgan fingerprint density at radius 2 is 1.96 bits per heavy atom. The highest BCUT2D eigenvalue weighted by atomic mass is 79.9. The van der Waals surface area contributed by atoms with E-state index in [4.69, 9.17) is 0 Å². The molecule has 1 aliphatic heterocycles. The maximum Gasteiger partial charge on any atom is 0.251 e. The Hall–Kier alpha value is -1.90. The number of carbonyl (C=O) groups is 1. The van der Waals surface area contributed by atoms with Crippen LogP contribution in [-0.4, -0.2) is 51.9 Å². The average Bonchev–Trinajstić information content (AvgIpc) is 2.97. The number of nitrogens with one attached hydrogen (secondary N) is 1. The molecule has 0 radical (unpaired) electrons. The van der Waals surface area contributed by atoms with Gasteiger partial charge in [0.1, 0.15) is 0 Å². The zero-order valence-corrected chi connectivity index (χ0v) is 18.5. The van der Waals surface area contributed by atoms with E-state index in [1.165, 1.54) is 31.4 Å². The van der Waals surface area contributed by atoms with Crippen molar-refractivity contribution in [3.05, 3.63) is 58.1 Å². The SMILES string of the molecule is CC1Cc2ccccc2N1CCNC(=O)c1ccc(Br)c(S(=O)(=O)N(C)C)c1. The molecule has 0 aromatic heterocycles. The van der Waals surface area contributed by atoms with Gasteiger partial charge >= 0.3 is 0 Å². The Bertz CT molecular complexity index is 992. The molecule has 0 spiro atoms. The van der Waals surface area contributed by atoms with Crippen molar-refractivity contribution in [3.63, 3.8) is 0 Å². The fraction of sp³-hybridized carbons (Fsp3) is 0.350. The second-order valence-electron chi connectivity index (χ2n) is 7.06. The van der Waals surface area contributed by atoms with E-state index < -0.39 is 10.0 Å². The molecule has 2 aromatic carbocycles. The van der Waals surface area contributed by atoms with Gasteiger partial charge in [0.15, 0.2) is 0 Å². The van der Waals surface area contributed by atoms with Crippen LogP contribution in [0.5, 0.6) is 0 Å². The normalized spacial score (nSPS) is 16.3. The van der Waals surface area contributed by atoms with Gasteiger partial charge in [-0.3, -0.25) is 4.79 Å². The third kappa shape index (κ3) is 4.09. The third-order valence-electron chi connectivity index (χ3n) is 4.94. The Labute approximate surface area is 174 Å². The standard InChI is InChI=1S/C20H24BrN3O3S/c1-14-12-15-6-4-5-7-18(15)24(14)11-10-22-20(25)16-8-9-17(21)19(13-16)28(26,27)23(2)3/h4-9,13-14H,10-12H2,1-3H3,(H,22,25). The Kier molecular flexibility index (Phi) is 6.12. The summed E-state index contributed by atoms with van der Waals surface area (Å²) in [6, 6.07) is 13.3. The van der Waals surface area contributed by atoms with E-state index >= 15 is 0 Å². The van der Waals surface area contributed by atoms with Crippen LogP contribution in [0.1, 0.15) is 22.8 Å². The van der Waals surface area contributed by atoms with Gasteiger partial charge in [0.25, 0.3) is 5.91 Å². The van der Waals surface area contributed by atoms with E-state index in [1.54, 1.807) is 12.1 Å². The number of para-hydroxylation sites is 1. The second-order valence-corrected chi connectivity index (χ2v) is 10.0. The number of anilines is 1.